The van der Waals surface area contributed by atoms with Gasteiger partial charge in [-0.1, -0.05) is 19.1 Å². The van der Waals surface area contributed by atoms with Crippen molar-refractivity contribution in [1.82, 2.24) is 4.90 Å². The summed E-state index contributed by atoms with van der Waals surface area (Å²) in [7, 11) is 3.79. The van der Waals surface area contributed by atoms with Crippen molar-refractivity contribution in [2.75, 3.05) is 20.7 Å². The van der Waals surface area contributed by atoms with E-state index in [1.54, 1.807) is 7.11 Å². The summed E-state index contributed by atoms with van der Waals surface area (Å²) in [6.45, 7) is 5.29. The number of likely N-dealkylation sites (N-methyl/N-ethyl adjacent to an activating group) is 1. The van der Waals surface area contributed by atoms with Crippen LogP contribution in [0.5, 0.6) is 5.75 Å². The number of rotatable bonds is 6. The van der Waals surface area contributed by atoms with E-state index in [1.807, 2.05) is 24.3 Å². The predicted molar refractivity (Wildman–Crippen MR) is 72.3 cm³/mol. The molecule has 0 bridgehead atoms. The summed E-state index contributed by atoms with van der Waals surface area (Å²) in [4.78, 5) is 2.30. The fourth-order valence-corrected chi connectivity index (χ4v) is 1.76. The maximum atomic E-state index is 6.20. The van der Waals surface area contributed by atoms with E-state index in [4.69, 9.17) is 10.5 Å². The van der Waals surface area contributed by atoms with Gasteiger partial charge in [0.25, 0.3) is 0 Å². The standard InChI is InChI=1S/C14H24N2O/c1-5-11(2)16(3)10-14(15)12-6-8-13(17-4)9-7-12/h6-9,11,14H,5,10,15H2,1-4H3. The monoisotopic (exact) mass is 236 g/mol. The van der Waals surface area contributed by atoms with Crippen molar-refractivity contribution in [3.05, 3.63) is 29.8 Å². The van der Waals surface area contributed by atoms with Crippen LogP contribution in [-0.4, -0.2) is 31.6 Å². The lowest BCUT2D eigenvalue weighted by Gasteiger charge is -2.26. The fourth-order valence-electron chi connectivity index (χ4n) is 1.76. The van der Waals surface area contributed by atoms with E-state index in [2.05, 4.69) is 25.8 Å². The van der Waals surface area contributed by atoms with Crippen LogP contribution in [0.25, 0.3) is 0 Å². The van der Waals surface area contributed by atoms with Crippen molar-refractivity contribution in [2.45, 2.75) is 32.4 Å². The minimum absolute atomic E-state index is 0.0555. The molecule has 0 spiro atoms. The fraction of sp³-hybridized carbons (Fsp3) is 0.571. The molecule has 0 aliphatic heterocycles. The molecule has 1 rings (SSSR count). The summed E-state index contributed by atoms with van der Waals surface area (Å²) in [5.41, 5.74) is 7.35. The highest BCUT2D eigenvalue weighted by Gasteiger charge is 2.12. The predicted octanol–water partition coefficient (Wildman–Crippen LogP) is 2.43. The first-order chi connectivity index (χ1) is 8.08. The third-order valence-corrected chi connectivity index (χ3v) is 3.37. The van der Waals surface area contributed by atoms with Gasteiger partial charge in [0, 0.05) is 18.6 Å². The van der Waals surface area contributed by atoms with Gasteiger partial charge >= 0.3 is 0 Å². The van der Waals surface area contributed by atoms with Gasteiger partial charge in [0.15, 0.2) is 0 Å². The summed E-state index contributed by atoms with van der Waals surface area (Å²) >= 11 is 0. The second-order valence-electron chi connectivity index (χ2n) is 4.58. The van der Waals surface area contributed by atoms with E-state index in [9.17, 15) is 0 Å². The van der Waals surface area contributed by atoms with Crippen molar-refractivity contribution in [1.29, 1.82) is 0 Å². The van der Waals surface area contributed by atoms with Gasteiger partial charge in [0.05, 0.1) is 7.11 Å². The molecule has 0 fully saturated rings. The smallest absolute Gasteiger partial charge is 0.118 e. The van der Waals surface area contributed by atoms with Crippen molar-refractivity contribution in [2.24, 2.45) is 5.73 Å². The van der Waals surface area contributed by atoms with Crippen LogP contribution in [0.3, 0.4) is 0 Å². The van der Waals surface area contributed by atoms with E-state index in [-0.39, 0.29) is 6.04 Å². The molecule has 96 valence electrons. The first-order valence-corrected chi connectivity index (χ1v) is 6.18. The Labute approximate surface area is 105 Å². The highest BCUT2D eigenvalue weighted by Crippen LogP contribution is 2.17. The van der Waals surface area contributed by atoms with Crippen LogP contribution in [0.1, 0.15) is 31.9 Å². The molecule has 0 saturated heterocycles. The van der Waals surface area contributed by atoms with Gasteiger partial charge in [-0.05, 0) is 38.1 Å². The largest absolute Gasteiger partial charge is 0.497 e. The van der Waals surface area contributed by atoms with Crippen LogP contribution in [0.4, 0.5) is 0 Å². The molecule has 1 aromatic rings. The molecular weight excluding hydrogens is 212 g/mol. The highest BCUT2D eigenvalue weighted by atomic mass is 16.5. The number of hydrogen-bond acceptors (Lipinski definition) is 3. The molecule has 3 nitrogen and oxygen atoms in total. The lowest BCUT2D eigenvalue weighted by atomic mass is 10.1. The van der Waals surface area contributed by atoms with E-state index in [1.165, 1.54) is 0 Å². The number of benzene rings is 1. The Morgan fingerprint density at radius 3 is 2.35 bits per heavy atom. The second-order valence-corrected chi connectivity index (χ2v) is 4.58. The minimum Gasteiger partial charge on any atom is -0.497 e. The molecule has 2 unspecified atom stereocenters. The van der Waals surface area contributed by atoms with Crippen LogP contribution < -0.4 is 10.5 Å². The maximum absolute atomic E-state index is 6.20. The van der Waals surface area contributed by atoms with Gasteiger partial charge in [-0.2, -0.15) is 0 Å². The Hall–Kier alpha value is -1.06. The van der Waals surface area contributed by atoms with Crippen molar-refractivity contribution in [3.8, 4) is 5.75 Å². The number of nitrogens with two attached hydrogens (primary N) is 1. The topological polar surface area (TPSA) is 38.5 Å². The molecule has 2 atom stereocenters. The molecule has 0 radical (unpaired) electrons. The molecule has 0 amide bonds. The Bertz CT molecular complexity index is 323. The van der Waals surface area contributed by atoms with Crippen molar-refractivity contribution in [3.63, 3.8) is 0 Å². The third kappa shape index (κ3) is 4.02. The summed E-state index contributed by atoms with van der Waals surface area (Å²) in [5, 5.41) is 0. The van der Waals surface area contributed by atoms with Crippen LogP contribution in [0, 0.1) is 0 Å². The molecular formula is C14H24N2O. The number of ether oxygens (including phenoxy) is 1. The average Bonchev–Trinajstić information content (AvgIpc) is 2.37. The third-order valence-electron chi connectivity index (χ3n) is 3.37. The first-order valence-electron chi connectivity index (χ1n) is 6.18. The zero-order chi connectivity index (χ0) is 12.8. The van der Waals surface area contributed by atoms with Gasteiger partial charge in [-0.25, -0.2) is 0 Å². The summed E-state index contributed by atoms with van der Waals surface area (Å²) in [5.74, 6) is 0.872. The van der Waals surface area contributed by atoms with E-state index in [0.29, 0.717) is 6.04 Å². The molecule has 0 aliphatic carbocycles. The molecule has 1 aromatic carbocycles. The van der Waals surface area contributed by atoms with Gasteiger partial charge in [0.2, 0.25) is 0 Å². The van der Waals surface area contributed by atoms with E-state index >= 15 is 0 Å². The zero-order valence-corrected chi connectivity index (χ0v) is 11.3. The lowest BCUT2D eigenvalue weighted by Crippen LogP contribution is -2.35. The van der Waals surface area contributed by atoms with Crippen molar-refractivity contribution >= 4 is 0 Å². The summed E-state index contributed by atoms with van der Waals surface area (Å²) < 4.78 is 5.13. The van der Waals surface area contributed by atoms with E-state index in [0.717, 1.165) is 24.3 Å². The highest BCUT2D eigenvalue weighted by molar-refractivity contribution is 5.29. The molecule has 17 heavy (non-hydrogen) atoms. The first kappa shape index (κ1) is 14.0. The van der Waals surface area contributed by atoms with Crippen LogP contribution in [-0.2, 0) is 0 Å². The Morgan fingerprint density at radius 1 is 1.29 bits per heavy atom. The molecule has 0 saturated carbocycles. The second kappa shape index (κ2) is 6.62. The van der Waals surface area contributed by atoms with Gasteiger partial charge in [-0.15, -0.1) is 0 Å². The zero-order valence-electron chi connectivity index (χ0n) is 11.3. The molecule has 0 aromatic heterocycles. The van der Waals surface area contributed by atoms with Crippen LogP contribution in [0.2, 0.25) is 0 Å². The Balaban J connectivity index is 2.59. The molecule has 0 heterocycles. The molecule has 2 N–H and O–H groups in total. The van der Waals surface area contributed by atoms with Crippen molar-refractivity contribution < 1.29 is 4.74 Å². The van der Waals surface area contributed by atoms with Gasteiger partial charge in [0.1, 0.15) is 5.75 Å². The van der Waals surface area contributed by atoms with Gasteiger partial charge < -0.3 is 15.4 Å². The SMILES string of the molecule is CCC(C)N(C)CC(N)c1ccc(OC)cc1. The average molecular weight is 236 g/mol. The number of methoxy groups -OCH3 is 1. The maximum Gasteiger partial charge on any atom is 0.118 e. The molecule has 3 heteroatoms. The normalized spacial score (nSPS) is 14.7. The Morgan fingerprint density at radius 2 is 1.88 bits per heavy atom. The lowest BCUT2D eigenvalue weighted by molar-refractivity contribution is 0.237. The number of hydrogen-bond donors (Lipinski definition) is 1. The summed E-state index contributed by atoms with van der Waals surface area (Å²) in [6, 6.07) is 8.61. The van der Waals surface area contributed by atoms with Crippen LogP contribution >= 0.6 is 0 Å². The summed E-state index contributed by atoms with van der Waals surface area (Å²) in [6.07, 6.45) is 1.14. The molecule has 0 aliphatic rings. The Kier molecular flexibility index (Phi) is 5.45. The number of nitrogens with zero attached hydrogens (tertiary/aromatic N) is 1. The quantitative estimate of drug-likeness (QED) is 0.824. The van der Waals surface area contributed by atoms with Crippen LogP contribution in [0.15, 0.2) is 24.3 Å². The minimum atomic E-state index is 0.0555. The van der Waals surface area contributed by atoms with Gasteiger partial charge in [-0.3, -0.25) is 0 Å². The van der Waals surface area contributed by atoms with E-state index < -0.39 is 0 Å².